The molecule has 0 saturated heterocycles. The third-order valence-corrected chi connectivity index (χ3v) is 4.47. The summed E-state index contributed by atoms with van der Waals surface area (Å²) in [6.45, 7) is 1.98. The highest BCUT2D eigenvalue weighted by Crippen LogP contribution is 2.45. The number of hydrogen-bond donors (Lipinski definition) is 3. The number of aromatic hydroxyl groups is 3. The van der Waals surface area contributed by atoms with Gasteiger partial charge in [0.15, 0.2) is 0 Å². The Kier molecular flexibility index (Phi) is 4.43. The molecule has 0 aliphatic carbocycles. The molecule has 0 aliphatic heterocycles. The molecule has 0 spiro atoms. The van der Waals surface area contributed by atoms with Crippen molar-refractivity contribution >= 4 is 0 Å². The molecule has 1 atom stereocenters. The quantitative estimate of drug-likeness (QED) is 0.651. The SMILES string of the molecule is CC(c1ccccc1O)C(c1ccccc1O)c1ccccc1O. The first kappa shape index (κ1) is 15.9. The van der Waals surface area contributed by atoms with Gasteiger partial charge in [0.05, 0.1) is 0 Å². The molecule has 0 radical (unpaired) electrons. The Balaban J connectivity index is 2.18. The zero-order valence-corrected chi connectivity index (χ0v) is 13.4. The highest BCUT2D eigenvalue weighted by molar-refractivity contribution is 5.50. The summed E-state index contributed by atoms with van der Waals surface area (Å²) in [7, 11) is 0. The van der Waals surface area contributed by atoms with Crippen LogP contribution in [0.5, 0.6) is 17.2 Å². The summed E-state index contributed by atoms with van der Waals surface area (Å²) < 4.78 is 0. The Morgan fingerprint density at radius 2 is 0.875 bits per heavy atom. The molecule has 3 N–H and O–H groups in total. The molecule has 0 bridgehead atoms. The predicted molar refractivity (Wildman–Crippen MR) is 94.6 cm³/mol. The number of hydrogen-bond acceptors (Lipinski definition) is 3. The van der Waals surface area contributed by atoms with Gasteiger partial charge < -0.3 is 15.3 Å². The minimum absolute atomic E-state index is 0.146. The van der Waals surface area contributed by atoms with Crippen LogP contribution >= 0.6 is 0 Å². The second kappa shape index (κ2) is 6.67. The van der Waals surface area contributed by atoms with Crippen LogP contribution in [0, 0.1) is 0 Å². The summed E-state index contributed by atoms with van der Waals surface area (Å²) in [5, 5.41) is 30.9. The predicted octanol–water partition coefficient (Wildman–Crippen LogP) is 4.74. The Bertz CT molecular complexity index is 796. The average molecular weight is 320 g/mol. The Labute approximate surface area is 141 Å². The molecule has 0 fully saturated rings. The molecule has 0 heterocycles. The molecule has 1 unspecified atom stereocenters. The molecule has 3 heteroatoms. The molecule has 3 rings (SSSR count). The molecule has 0 aromatic heterocycles. The molecular weight excluding hydrogens is 300 g/mol. The van der Waals surface area contributed by atoms with Gasteiger partial charge in [-0.3, -0.25) is 0 Å². The molecular formula is C21H20O3. The number of rotatable bonds is 4. The van der Waals surface area contributed by atoms with E-state index in [-0.39, 0.29) is 29.1 Å². The fourth-order valence-corrected chi connectivity index (χ4v) is 3.26. The second-order valence-electron chi connectivity index (χ2n) is 5.94. The zero-order chi connectivity index (χ0) is 17.1. The molecule has 0 amide bonds. The van der Waals surface area contributed by atoms with Crippen LogP contribution in [0.4, 0.5) is 0 Å². The van der Waals surface area contributed by atoms with Crippen LogP contribution in [0.15, 0.2) is 72.8 Å². The van der Waals surface area contributed by atoms with Crippen LogP contribution < -0.4 is 0 Å². The van der Waals surface area contributed by atoms with Gasteiger partial charge >= 0.3 is 0 Å². The van der Waals surface area contributed by atoms with Crippen molar-refractivity contribution in [3.05, 3.63) is 89.5 Å². The number of para-hydroxylation sites is 3. The van der Waals surface area contributed by atoms with E-state index in [1.807, 2.05) is 43.3 Å². The maximum absolute atomic E-state index is 10.4. The van der Waals surface area contributed by atoms with Crippen molar-refractivity contribution in [3.8, 4) is 17.2 Å². The van der Waals surface area contributed by atoms with Gasteiger partial charge in [-0.05, 0) is 29.7 Å². The highest BCUT2D eigenvalue weighted by atomic mass is 16.3. The first-order chi connectivity index (χ1) is 11.6. The Morgan fingerprint density at radius 3 is 1.25 bits per heavy atom. The van der Waals surface area contributed by atoms with E-state index in [2.05, 4.69) is 0 Å². The van der Waals surface area contributed by atoms with Crippen LogP contribution in [0.25, 0.3) is 0 Å². The van der Waals surface area contributed by atoms with Crippen molar-refractivity contribution in [1.29, 1.82) is 0 Å². The smallest absolute Gasteiger partial charge is 0.119 e. The Morgan fingerprint density at radius 1 is 0.542 bits per heavy atom. The zero-order valence-electron chi connectivity index (χ0n) is 13.4. The molecule has 3 aromatic carbocycles. The summed E-state index contributed by atoms with van der Waals surface area (Å²) in [4.78, 5) is 0. The van der Waals surface area contributed by atoms with E-state index >= 15 is 0 Å². The summed E-state index contributed by atoms with van der Waals surface area (Å²) >= 11 is 0. The lowest BCUT2D eigenvalue weighted by molar-refractivity contribution is 0.437. The van der Waals surface area contributed by atoms with Crippen LogP contribution in [0.3, 0.4) is 0 Å². The van der Waals surface area contributed by atoms with Crippen LogP contribution in [-0.4, -0.2) is 15.3 Å². The van der Waals surface area contributed by atoms with Gasteiger partial charge in [-0.2, -0.15) is 0 Å². The fraction of sp³-hybridized carbons (Fsp3) is 0.143. The first-order valence-electron chi connectivity index (χ1n) is 7.93. The molecule has 24 heavy (non-hydrogen) atoms. The normalized spacial score (nSPS) is 12.2. The topological polar surface area (TPSA) is 60.7 Å². The molecule has 0 saturated carbocycles. The fourth-order valence-electron chi connectivity index (χ4n) is 3.26. The lowest BCUT2D eigenvalue weighted by Gasteiger charge is -2.27. The van der Waals surface area contributed by atoms with Crippen LogP contribution in [0.2, 0.25) is 0 Å². The Hall–Kier alpha value is -2.94. The maximum atomic E-state index is 10.4. The highest BCUT2D eigenvalue weighted by Gasteiger charge is 2.28. The van der Waals surface area contributed by atoms with Crippen LogP contribution in [0.1, 0.15) is 35.4 Å². The van der Waals surface area contributed by atoms with Gasteiger partial charge in [-0.1, -0.05) is 61.5 Å². The summed E-state index contributed by atoms with van der Waals surface area (Å²) in [5.41, 5.74) is 2.21. The molecule has 122 valence electrons. The maximum Gasteiger partial charge on any atom is 0.119 e. The third kappa shape index (κ3) is 2.93. The van der Waals surface area contributed by atoms with E-state index in [4.69, 9.17) is 0 Å². The van der Waals surface area contributed by atoms with E-state index < -0.39 is 0 Å². The largest absolute Gasteiger partial charge is 0.508 e. The van der Waals surface area contributed by atoms with Gasteiger partial charge in [-0.25, -0.2) is 0 Å². The minimum atomic E-state index is -0.291. The van der Waals surface area contributed by atoms with Crippen LogP contribution in [-0.2, 0) is 0 Å². The van der Waals surface area contributed by atoms with Gasteiger partial charge in [0.1, 0.15) is 17.2 Å². The summed E-state index contributed by atoms with van der Waals surface area (Å²) in [5.74, 6) is 0.121. The average Bonchev–Trinajstić information content (AvgIpc) is 2.58. The van der Waals surface area contributed by atoms with Gasteiger partial charge in [0, 0.05) is 17.0 Å². The first-order valence-corrected chi connectivity index (χ1v) is 7.93. The van der Waals surface area contributed by atoms with E-state index in [1.165, 1.54) is 0 Å². The monoisotopic (exact) mass is 320 g/mol. The van der Waals surface area contributed by atoms with Crippen molar-refractivity contribution in [2.24, 2.45) is 0 Å². The van der Waals surface area contributed by atoms with Crippen molar-refractivity contribution in [2.45, 2.75) is 18.8 Å². The summed E-state index contributed by atoms with van der Waals surface area (Å²) in [6.07, 6.45) is 0. The van der Waals surface area contributed by atoms with E-state index in [0.717, 1.165) is 16.7 Å². The lowest BCUT2D eigenvalue weighted by Crippen LogP contribution is -2.11. The molecule has 3 aromatic rings. The number of phenolic OH excluding ortho intramolecular Hbond substituents is 3. The van der Waals surface area contributed by atoms with Gasteiger partial charge in [-0.15, -0.1) is 0 Å². The molecule has 3 nitrogen and oxygen atoms in total. The number of phenols is 3. The van der Waals surface area contributed by atoms with Gasteiger partial charge in [0.25, 0.3) is 0 Å². The third-order valence-electron chi connectivity index (χ3n) is 4.47. The van der Waals surface area contributed by atoms with E-state index in [0.29, 0.717) is 0 Å². The summed E-state index contributed by atoms with van der Waals surface area (Å²) in [6, 6.07) is 21.4. The van der Waals surface area contributed by atoms with Gasteiger partial charge in [0.2, 0.25) is 0 Å². The standard InChI is InChI=1S/C21H20O3/c1-14(15-8-2-5-11-18(15)22)21(16-9-3-6-12-19(16)23)17-10-4-7-13-20(17)24/h2-14,21-24H,1H3. The number of benzene rings is 3. The lowest BCUT2D eigenvalue weighted by atomic mass is 9.77. The van der Waals surface area contributed by atoms with Crippen molar-refractivity contribution in [2.75, 3.05) is 0 Å². The molecule has 0 aliphatic rings. The van der Waals surface area contributed by atoms with Crippen molar-refractivity contribution < 1.29 is 15.3 Å². The minimum Gasteiger partial charge on any atom is -0.508 e. The second-order valence-corrected chi connectivity index (χ2v) is 5.94. The van der Waals surface area contributed by atoms with E-state index in [1.54, 1.807) is 36.4 Å². The van der Waals surface area contributed by atoms with E-state index in [9.17, 15) is 15.3 Å². The van der Waals surface area contributed by atoms with Crippen molar-refractivity contribution in [1.82, 2.24) is 0 Å². The van der Waals surface area contributed by atoms with Crippen molar-refractivity contribution in [3.63, 3.8) is 0 Å².